The number of rotatable bonds is 3. The molecule has 1 aromatic carbocycles. The quantitative estimate of drug-likeness (QED) is 0.729. The molecule has 2 aliphatic heterocycles. The van der Waals surface area contributed by atoms with Crippen molar-refractivity contribution in [1.82, 2.24) is 15.2 Å². The number of nitrogens with zero attached hydrogens (tertiary/aromatic N) is 2. The zero-order valence-corrected chi connectivity index (χ0v) is 17.7. The Kier molecular flexibility index (Phi) is 7.35. The summed E-state index contributed by atoms with van der Waals surface area (Å²) in [6.45, 7) is 1.38. The lowest BCUT2D eigenvalue weighted by Gasteiger charge is -2.39. The number of hydrogen-bond acceptors (Lipinski definition) is 4. The number of hydrogen-bond donors (Lipinski definition) is 2. The predicted molar refractivity (Wildman–Crippen MR) is 112 cm³/mol. The Balaban J connectivity index is 0.000000383. The van der Waals surface area contributed by atoms with Crippen molar-refractivity contribution in [2.24, 2.45) is 0 Å². The molecule has 1 unspecified atom stereocenters. The highest BCUT2D eigenvalue weighted by Crippen LogP contribution is 2.39. The number of carboxylic acids is 1. The number of pyridine rings is 1. The van der Waals surface area contributed by atoms with Crippen molar-refractivity contribution in [1.29, 1.82) is 0 Å². The van der Waals surface area contributed by atoms with Crippen molar-refractivity contribution < 1.29 is 32.7 Å². The highest BCUT2D eigenvalue weighted by atomic mass is 19.4. The van der Waals surface area contributed by atoms with Crippen LogP contribution in [0.4, 0.5) is 13.2 Å². The highest BCUT2D eigenvalue weighted by molar-refractivity contribution is 5.87. The Bertz CT molecular complexity index is 975. The molecular formula is C23H24F3N3O4. The van der Waals surface area contributed by atoms with Gasteiger partial charge in [0.1, 0.15) is 0 Å². The maximum absolute atomic E-state index is 12.5. The molecule has 7 nitrogen and oxygen atoms in total. The number of benzene rings is 1. The van der Waals surface area contributed by atoms with Gasteiger partial charge in [0.25, 0.3) is 0 Å². The molecule has 2 aliphatic rings. The van der Waals surface area contributed by atoms with Gasteiger partial charge in [-0.2, -0.15) is 13.2 Å². The van der Waals surface area contributed by atoms with Crippen LogP contribution in [0.5, 0.6) is 0 Å². The van der Waals surface area contributed by atoms with Gasteiger partial charge in [-0.3, -0.25) is 14.6 Å². The van der Waals surface area contributed by atoms with E-state index in [0.717, 1.165) is 30.5 Å². The number of amides is 2. The molecule has 0 aliphatic carbocycles. The minimum atomic E-state index is -5.08. The fourth-order valence-corrected chi connectivity index (χ4v) is 4.12. The molecule has 176 valence electrons. The van der Waals surface area contributed by atoms with E-state index in [2.05, 4.69) is 10.3 Å². The number of carbonyl (C=O) groups excluding carboxylic acids is 2. The third-order valence-electron chi connectivity index (χ3n) is 5.88. The van der Waals surface area contributed by atoms with Crippen molar-refractivity contribution in [2.45, 2.75) is 43.3 Å². The van der Waals surface area contributed by atoms with Gasteiger partial charge in [-0.15, -0.1) is 0 Å². The van der Waals surface area contributed by atoms with Gasteiger partial charge < -0.3 is 15.3 Å². The molecule has 2 N–H and O–H groups in total. The standard InChI is InChI=1S/C21H23N3O2.C2HF3O2/c25-19(14-17-8-4-5-11-22-17)24-12-9-21(10-13-24)15-18(20(26)23-21)16-6-2-1-3-7-16;3-2(4,5)1(6)7/h1-8,11,18H,9-10,12-15H2,(H,23,26);(H,6,7). The average Bonchev–Trinajstić information content (AvgIpc) is 3.11. The second-order valence-electron chi connectivity index (χ2n) is 8.12. The minimum absolute atomic E-state index is 0.0769. The highest BCUT2D eigenvalue weighted by Gasteiger charge is 2.46. The predicted octanol–water partition coefficient (Wildman–Crippen LogP) is 2.92. The number of likely N-dealkylation sites (tertiary alicyclic amines) is 1. The van der Waals surface area contributed by atoms with E-state index in [1.165, 1.54) is 0 Å². The van der Waals surface area contributed by atoms with E-state index in [1.54, 1.807) is 6.20 Å². The fraction of sp³-hybridized carbons (Fsp3) is 0.391. The van der Waals surface area contributed by atoms with E-state index in [9.17, 15) is 22.8 Å². The second-order valence-corrected chi connectivity index (χ2v) is 8.12. The first kappa shape index (κ1) is 24.2. The summed E-state index contributed by atoms with van der Waals surface area (Å²) >= 11 is 0. The van der Waals surface area contributed by atoms with Crippen LogP contribution < -0.4 is 5.32 Å². The molecular weight excluding hydrogens is 439 g/mol. The van der Waals surface area contributed by atoms with Crippen molar-refractivity contribution in [3.05, 3.63) is 66.0 Å². The maximum atomic E-state index is 12.5. The first-order valence-corrected chi connectivity index (χ1v) is 10.4. The van der Waals surface area contributed by atoms with Crippen molar-refractivity contribution in [2.75, 3.05) is 13.1 Å². The number of aromatic nitrogens is 1. The van der Waals surface area contributed by atoms with Crippen molar-refractivity contribution in [3.63, 3.8) is 0 Å². The molecule has 4 rings (SSSR count). The Morgan fingerprint density at radius 2 is 1.70 bits per heavy atom. The van der Waals surface area contributed by atoms with Crippen LogP contribution in [0.25, 0.3) is 0 Å². The van der Waals surface area contributed by atoms with E-state index in [1.807, 2.05) is 53.4 Å². The molecule has 2 amide bonds. The number of carbonyl (C=O) groups is 3. The third-order valence-corrected chi connectivity index (χ3v) is 5.88. The average molecular weight is 463 g/mol. The smallest absolute Gasteiger partial charge is 0.475 e. The molecule has 0 bridgehead atoms. The van der Waals surface area contributed by atoms with Gasteiger partial charge in [-0.25, -0.2) is 4.79 Å². The van der Waals surface area contributed by atoms with Crippen LogP contribution in [0.3, 0.4) is 0 Å². The molecule has 2 aromatic rings. The Labute approximate surface area is 188 Å². The van der Waals surface area contributed by atoms with Crippen LogP contribution in [0, 0.1) is 0 Å². The van der Waals surface area contributed by atoms with Crippen LogP contribution in [-0.2, 0) is 20.8 Å². The number of halogens is 3. The Morgan fingerprint density at radius 3 is 2.24 bits per heavy atom. The molecule has 33 heavy (non-hydrogen) atoms. The Morgan fingerprint density at radius 1 is 1.09 bits per heavy atom. The van der Waals surface area contributed by atoms with Gasteiger partial charge in [-0.05, 0) is 37.0 Å². The molecule has 2 fully saturated rings. The molecule has 1 atom stereocenters. The first-order chi connectivity index (χ1) is 15.6. The number of carboxylic acid groups (broad SMARTS) is 1. The van der Waals surface area contributed by atoms with Gasteiger partial charge in [0, 0.05) is 30.5 Å². The van der Waals surface area contributed by atoms with Crippen LogP contribution in [0.2, 0.25) is 0 Å². The topological polar surface area (TPSA) is 99.6 Å². The molecule has 0 saturated carbocycles. The molecule has 10 heteroatoms. The first-order valence-electron chi connectivity index (χ1n) is 10.4. The summed E-state index contributed by atoms with van der Waals surface area (Å²) in [5.41, 5.74) is 1.71. The van der Waals surface area contributed by atoms with E-state index < -0.39 is 12.1 Å². The maximum Gasteiger partial charge on any atom is 0.490 e. The van der Waals surface area contributed by atoms with Crippen LogP contribution in [-0.4, -0.2) is 57.6 Å². The molecule has 3 heterocycles. The number of piperidine rings is 1. The lowest BCUT2D eigenvalue weighted by Crippen LogP contribution is -2.52. The molecule has 0 radical (unpaired) electrons. The van der Waals surface area contributed by atoms with E-state index in [-0.39, 0.29) is 23.3 Å². The van der Waals surface area contributed by atoms with E-state index in [0.29, 0.717) is 19.5 Å². The van der Waals surface area contributed by atoms with Gasteiger partial charge in [0.15, 0.2) is 0 Å². The lowest BCUT2D eigenvalue weighted by atomic mass is 9.82. The zero-order valence-electron chi connectivity index (χ0n) is 17.7. The van der Waals surface area contributed by atoms with Crippen molar-refractivity contribution >= 4 is 17.8 Å². The summed E-state index contributed by atoms with van der Waals surface area (Å²) in [6.07, 6.45) is -0.581. The van der Waals surface area contributed by atoms with Gasteiger partial charge >= 0.3 is 12.1 Å². The zero-order chi connectivity index (χ0) is 24.1. The number of alkyl halides is 3. The summed E-state index contributed by atoms with van der Waals surface area (Å²) < 4.78 is 31.7. The van der Waals surface area contributed by atoms with Gasteiger partial charge in [-0.1, -0.05) is 36.4 Å². The minimum Gasteiger partial charge on any atom is -0.475 e. The Hall–Kier alpha value is -3.43. The summed E-state index contributed by atoms with van der Waals surface area (Å²) in [5.74, 6) is -2.61. The van der Waals surface area contributed by atoms with Crippen LogP contribution in [0.1, 0.15) is 36.4 Å². The van der Waals surface area contributed by atoms with Crippen LogP contribution >= 0.6 is 0 Å². The van der Waals surface area contributed by atoms with E-state index in [4.69, 9.17) is 9.90 Å². The third kappa shape index (κ3) is 6.30. The van der Waals surface area contributed by atoms with E-state index >= 15 is 0 Å². The summed E-state index contributed by atoms with van der Waals surface area (Å²) in [4.78, 5) is 40.1. The van der Waals surface area contributed by atoms with Gasteiger partial charge in [0.2, 0.25) is 11.8 Å². The number of aliphatic carboxylic acids is 1. The molecule has 2 saturated heterocycles. The monoisotopic (exact) mass is 463 g/mol. The largest absolute Gasteiger partial charge is 0.490 e. The molecule has 1 aromatic heterocycles. The summed E-state index contributed by atoms with van der Waals surface area (Å²) in [7, 11) is 0. The van der Waals surface area contributed by atoms with Crippen molar-refractivity contribution in [3.8, 4) is 0 Å². The second kappa shape index (κ2) is 10.0. The SMILES string of the molecule is O=C(O)C(F)(F)F.O=C1NC2(CCN(C(=O)Cc3ccccn3)CC2)CC1c1ccccc1. The van der Waals surface area contributed by atoms with Crippen LogP contribution in [0.15, 0.2) is 54.7 Å². The summed E-state index contributed by atoms with van der Waals surface area (Å²) in [5, 5.41) is 10.4. The van der Waals surface area contributed by atoms with Gasteiger partial charge in [0.05, 0.1) is 12.3 Å². The summed E-state index contributed by atoms with van der Waals surface area (Å²) in [6, 6.07) is 15.6. The molecule has 1 spiro atoms. The normalized spacial score (nSPS) is 19.4. The fourth-order valence-electron chi connectivity index (χ4n) is 4.12. The lowest BCUT2D eigenvalue weighted by molar-refractivity contribution is -0.192. The number of nitrogens with one attached hydrogen (secondary N) is 1.